The summed E-state index contributed by atoms with van der Waals surface area (Å²) in [4.78, 5) is 0. The SMILES string of the molecule is CCOC1COC(c2ccc3c(F)c(CCc4cc(F)c(OC(F)F)c(F)c4)ccc3c2)OC1. The average Bonchev–Trinajstić information content (AvgIpc) is 2.81. The zero-order valence-electron chi connectivity index (χ0n) is 18.3. The normalized spacial score (nSPS) is 18.6. The van der Waals surface area contributed by atoms with E-state index >= 15 is 4.39 Å². The van der Waals surface area contributed by atoms with Crippen LogP contribution in [0.15, 0.2) is 42.5 Å². The summed E-state index contributed by atoms with van der Waals surface area (Å²) in [5.41, 5.74) is 1.31. The van der Waals surface area contributed by atoms with Crippen LogP contribution in [0.3, 0.4) is 0 Å². The van der Waals surface area contributed by atoms with Crippen molar-refractivity contribution < 1.29 is 40.9 Å². The van der Waals surface area contributed by atoms with Crippen LogP contribution in [0.5, 0.6) is 5.75 Å². The van der Waals surface area contributed by atoms with Gasteiger partial charge in [0.15, 0.2) is 23.7 Å². The van der Waals surface area contributed by atoms with E-state index in [9.17, 15) is 17.6 Å². The summed E-state index contributed by atoms with van der Waals surface area (Å²) in [5.74, 6) is -4.04. The zero-order chi connectivity index (χ0) is 24.2. The topological polar surface area (TPSA) is 36.9 Å². The van der Waals surface area contributed by atoms with Crippen LogP contribution in [0.4, 0.5) is 22.0 Å². The Hall–Kier alpha value is -2.75. The summed E-state index contributed by atoms with van der Waals surface area (Å²) in [6, 6.07) is 10.3. The predicted molar refractivity (Wildman–Crippen MR) is 114 cm³/mol. The molecule has 34 heavy (non-hydrogen) atoms. The number of hydrogen-bond acceptors (Lipinski definition) is 4. The summed E-state index contributed by atoms with van der Waals surface area (Å²) in [5, 5.41) is 1.05. The molecule has 1 aliphatic heterocycles. The average molecular weight is 482 g/mol. The van der Waals surface area contributed by atoms with Crippen molar-refractivity contribution >= 4 is 10.8 Å². The molecule has 0 radical (unpaired) electrons. The van der Waals surface area contributed by atoms with Crippen molar-refractivity contribution in [3.63, 3.8) is 0 Å². The summed E-state index contributed by atoms with van der Waals surface area (Å²) >= 11 is 0. The molecule has 1 fully saturated rings. The van der Waals surface area contributed by atoms with Gasteiger partial charge in [0.1, 0.15) is 11.9 Å². The molecule has 0 atom stereocenters. The summed E-state index contributed by atoms with van der Waals surface area (Å²) < 4.78 is 88.3. The lowest BCUT2D eigenvalue weighted by atomic mass is 9.98. The molecule has 182 valence electrons. The van der Waals surface area contributed by atoms with Crippen LogP contribution in [-0.2, 0) is 27.1 Å². The Morgan fingerprint density at radius 2 is 1.65 bits per heavy atom. The highest BCUT2D eigenvalue weighted by Gasteiger charge is 2.24. The van der Waals surface area contributed by atoms with Crippen LogP contribution < -0.4 is 4.74 Å². The fraction of sp³-hybridized carbons (Fsp3) is 0.360. The molecule has 4 nitrogen and oxygen atoms in total. The van der Waals surface area contributed by atoms with Crippen molar-refractivity contribution in [2.75, 3.05) is 19.8 Å². The first-order chi connectivity index (χ1) is 16.4. The quantitative estimate of drug-likeness (QED) is 0.364. The second-order valence-electron chi connectivity index (χ2n) is 7.86. The monoisotopic (exact) mass is 482 g/mol. The maximum atomic E-state index is 15.1. The predicted octanol–water partition coefficient (Wildman–Crippen LogP) is 6.09. The first-order valence-corrected chi connectivity index (χ1v) is 10.8. The van der Waals surface area contributed by atoms with Gasteiger partial charge in [-0.2, -0.15) is 8.78 Å². The Morgan fingerprint density at radius 1 is 0.941 bits per heavy atom. The molecule has 1 heterocycles. The van der Waals surface area contributed by atoms with Crippen LogP contribution in [0.1, 0.15) is 29.9 Å². The van der Waals surface area contributed by atoms with E-state index in [1.165, 1.54) is 0 Å². The molecule has 0 aliphatic carbocycles. The number of benzene rings is 3. The maximum Gasteiger partial charge on any atom is 0.387 e. The highest BCUT2D eigenvalue weighted by atomic mass is 19.3. The number of halogens is 5. The number of fused-ring (bicyclic) bond motifs is 1. The molecule has 4 rings (SSSR count). The van der Waals surface area contributed by atoms with Gasteiger partial charge in [-0.25, -0.2) is 13.2 Å². The van der Waals surface area contributed by atoms with Crippen molar-refractivity contribution in [1.82, 2.24) is 0 Å². The Labute approximate surface area is 193 Å². The fourth-order valence-corrected chi connectivity index (χ4v) is 3.94. The number of ether oxygens (including phenoxy) is 4. The van der Waals surface area contributed by atoms with Gasteiger partial charge in [0, 0.05) is 17.6 Å². The van der Waals surface area contributed by atoms with Gasteiger partial charge in [-0.15, -0.1) is 0 Å². The van der Waals surface area contributed by atoms with Gasteiger partial charge in [-0.05, 0) is 54.5 Å². The second-order valence-corrected chi connectivity index (χ2v) is 7.86. The third-order valence-electron chi connectivity index (χ3n) is 5.55. The third kappa shape index (κ3) is 5.48. The summed E-state index contributed by atoms with van der Waals surface area (Å²) in [7, 11) is 0. The molecule has 0 saturated carbocycles. The molecule has 0 spiro atoms. The standard InChI is InChI=1S/C25H23F5O4/c1-2-31-18-12-32-24(33-13-18)17-7-8-19-16(11-17)6-5-15(22(19)28)4-3-14-9-20(26)23(21(27)10-14)34-25(29)30/h5-11,18,24-25H,2-4,12-13H2,1H3. The molecule has 3 aromatic rings. The fourth-order valence-electron chi connectivity index (χ4n) is 3.94. The van der Waals surface area contributed by atoms with Crippen LogP contribution in [-0.4, -0.2) is 32.5 Å². The molecule has 9 heteroatoms. The number of alkyl halides is 2. The van der Waals surface area contributed by atoms with Crippen molar-refractivity contribution in [2.24, 2.45) is 0 Å². The van der Waals surface area contributed by atoms with Gasteiger partial charge in [-0.3, -0.25) is 0 Å². The minimum Gasteiger partial charge on any atom is -0.429 e. The minimum atomic E-state index is -3.34. The number of hydrogen-bond donors (Lipinski definition) is 0. The Bertz CT molecular complexity index is 1120. The van der Waals surface area contributed by atoms with E-state index in [2.05, 4.69) is 4.74 Å². The lowest BCUT2D eigenvalue weighted by Gasteiger charge is -2.29. The first-order valence-electron chi connectivity index (χ1n) is 10.8. The van der Waals surface area contributed by atoms with Gasteiger partial charge >= 0.3 is 6.61 Å². The minimum absolute atomic E-state index is 0.105. The van der Waals surface area contributed by atoms with Crippen molar-refractivity contribution in [1.29, 1.82) is 0 Å². The van der Waals surface area contributed by atoms with E-state index in [-0.39, 0.29) is 24.5 Å². The number of aryl methyl sites for hydroxylation is 2. The van der Waals surface area contributed by atoms with Crippen molar-refractivity contribution in [2.45, 2.75) is 38.8 Å². The maximum absolute atomic E-state index is 15.1. The molecule has 0 unspecified atom stereocenters. The second kappa shape index (κ2) is 10.7. The molecule has 3 aromatic carbocycles. The first kappa shape index (κ1) is 24.4. The van der Waals surface area contributed by atoms with Gasteiger partial charge in [0.05, 0.1) is 13.2 Å². The van der Waals surface area contributed by atoms with Gasteiger partial charge in [-0.1, -0.05) is 24.3 Å². The van der Waals surface area contributed by atoms with Crippen molar-refractivity contribution in [3.05, 3.63) is 76.6 Å². The van der Waals surface area contributed by atoms with E-state index in [0.717, 1.165) is 17.7 Å². The van der Waals surface area contributed by atoms with Gasteiger partial charge in [0.25, 0.3) is 0 Å². The molecular formula is C25H23F5O4. The van der Waals surface area contributed by atoms with E-state index in [1.807, 2.05) is 6.92 Å². The van der Waals surface area contributed by atoms with Gasteiger partial charge < -0.3 is 18.9 Å². The Kier molecular flexibility index (Phi) is 7.65. The third-order valence-corrected chi connectivity index (χ3v) is 5.55. The van der Waals surface area contributed by atoms with E-state index in [0.29, 0.717) is 36.2 Å². The summed E-state index contributed by atoms with van der Waals surface area (Å²) in [6.45, 7) is -0.0657. The smallest absolute Gasteiger partial charge is 0.387 e. The molecule has 0 amide bonds. The lowest BCUT2D eigenvalue weighted by molar-refractivity contribution is -0.229. The molecule has 1 aliphatic rings. The van der Waals surface area contributed by atoms with E-state index in [1.54, 1.807) is 30.3 Å². The van der Waals surface area contributed by atoms with Crippen LogP contribution in [0, 0.1) is 17.5 Å². The molecular weight excluding hydrogens is 459 g/mol. The van der Waals surface area contributed by atoms with E-state index in [4.69, 9.17) is 14.2 Å². The molecule has 0 N–H and O–H groups in total. The zero-order valence-corrected chi connectivity index (χ0v) is 18.3. The lowest BCUT2D eigenvalue weighted by Crippen LogP contribution is -2.33. The highest BCUT2D eigenvalue weighted by molar-refractivity contribution is 5.84. The summed E-state index contributed by atoms with van der Waals surface area (Å²) in [6.07, 6.45) is -0.415. The number of rotatable bonds is 8. The largest absolute Gasteiger partial charge is 0.429 e. The Balaban J connectivity index is 1.46. The molecule has 0 aromatic heterocycles. The van der Waals surface area contributed by atoms with Crippen molar-refractivity contribution in [3.8, 4) is 5.75 Å². The van der Waals surface area contributed by atoms with Crippen LogP contribution in [0.25, 0.3) is 10.8 Å². The van der Waals surface area contributed by atoms with Gasteiger partial charge in [0.2, 0.25) is 0 Å². The van der Waals surface area contributed by atoms with E-state index < -0.39 is 36.1 Å². The molecule has 1 saturated heterocycles. The van der Waals surface area contributed by atoms with Crippen LogP contribution in [0.2, 0.25) is 0 Å². The highest BCUT2D eigenvalue weighted by Crippen LogP contribution is 2.30. The van der Waals surface area contributed by atoms with Crippen LogP contribution >= 0.6 is 0 Å². The molecule has 0 bridgehead atoms. The Morgan fingerprint density at radius 3 is 2.29 bits per heavy atom.